The van der Waals surface area contributed by atoms with Crippen molar-refractivity contribution in [2.45, 2.75) is 19.8 Å². The van der Waals surface area contributed by atoms with Crippen molar-refractivity contribution in [1.29, 1.82) is 0 Å². The molecule has 0 saturated heterocycles. The van der Waals surface area contributed by atoms with Crippen molar-refractivity contribution in [2.24, 2.45) is 0 Å². The van der Waals surface area contributed by atoms with Gasteiger partial charge in [-0.3, -0.25) is 4.79 Å². The van der Waals surface area contributed by atoms with Crippen LogP contribution >= 0.6 is 11.3 Å². The second-order valence-electron chi connectivity index (χ2n) is 4.56. The summed E-state index contributed by atoms with van der Waals surface area (Å²) in [6, 6.07) is 9.13. The highest BCUT2D eigenvalue weighted by molar-refractivity contribution is 7.14. The Labute approximate surface area is 127 Å². The Morgan fingerprint density at radius 1 is 1.19 bits per heavy atom. The third-order valence-corrected chi connectivity index (χ3v) is 3.88. The normalized spacial score (nSPS) is 10.2. The van der Waals surface area contributed by atoms with Crippen LogP contribution in [0.25, 0.3) is 0 Å². The van der Waals surface area contributed by atoms with Gasteiger partial charge in [0.1, 0.15) is 5.00 Å². The number of amides is 1. The first-order valence-electron chi connectivity index (χ1n) is 6.71. The third kappa shape index (κ3) is 3.70. The van der Waals surface area contributed by atoms with Crippen LogP contribution in [-0.4, -0.2) is 19.0 Å². The van der Waals surface area contributed by atoms with Crippen molar-refractivity contribution in [3.63, 3.8) is 0 Å². The lowest BCUT2D eigenvalue weighted by atomic mass is 10.1. The molecule has 5 heteroatoms. The van der Waals surface area contributed by atoms with Gasteiger partial charge in [-0.25, -0.2) is 4.79 Å². The lowest BCUT2D eigenvalue weighted by Gasteiger charge is -2.06. The quantitative estimate of drug-likeness (QED) is 0.856. The number of aryl methyl sites for hydroxylation is 1. The van der Waals surface area contributed by atoms with Crippen LogP contribution in [0.15, 0.2) is 35.7 Å². The van der Waals surface area contributed by atoms with E-state index in [1.54, 1.807) is 23.6 Å². The molecule has 0 aliphatic rings. The van der Waals surface area contributed by atoms with Crippen LogP contribution in [-0.2, 0) is 11.2 Å². The average Bonchev–Trinajstić information content (AvgIpc) is 2.95. The standard InChI is InChI=1S/C16H17NO3S/c1-3-4-11-5-7-12(8-6-11)14(18)17-15-13(9-10-21-15)16(19)20-2/h5-10H,3-4H2,1-2H3,(H,17,18). The van der Waals surface area contributed by atoms with E-state index in [4.69, 9.17) is 0 Å². The molecule has 0 radical (unpaired) electrons. The molecular formula is C16H17NO3S. The van der Waals surface area contributed by atoms with Crippen LogP contribution in [0.2, 0.25) is 0 Å². The van der Waals surface area contributed by atoms with Crippen molar-refractivity contribution in [3.05, 3.63) is 52.4 Å². The minimum absolute atomic E-state index is 0.231. The van der Waals surface area contributed by atoms with E-state index in [-0.39, 0.29) is 5.91 Å². The predicted molar refractivity (Wildman–Crippen MR) is 84.0 cm³/mol. The summed E-state index contributed by atoms with van der Waals surface area (Å²) in [5.74, 6) is -0.685. The van der Waals surface area contributed by atoms with Gasteiger partial charge in [-0.1, -0.05) is 25.5 Å². The maximum absolute atomic E-state index is 12.2. The molecule has 4 nitrogen and oxygen atoms in total. The number of ether oxygens (including phenoxy) is 1. The summed E-state index contributed by atoms with van der Waals surface area (Å²) >= 11 is 1.29. The summed E-state index contributed by atoms with van der Waals surface area (Å²) in [6.07, 6.45) is 2.07. The molecule has 21 heavy (non-hydrogen) atoms. The van der Waals surface area contributed by atoms with Crippen molar-refractivity contribution in [3.8, 4) is 0 Å². The van der Waals surface area contributed by atoms with Gasteiger partial charge in [0.05, 0.1) is 12.7 Å². The first-order valence-corrected chi connectivity index (χ1v) is 7.59. The van der Waals surface area contributed by atoms with E-state index in [1.807, 2.05) is 12.1 Å². The largest absolute Gasteiger partial charge is 0.465 e. The second-order valence-corrected chi connectivity index (χ2v) is 5.47. The number of methoxy groups -OCH3 is 1. The van der Waals surface area contributed by atoms with Gasteiger partial charge < -0.3 is 10.1 Å². The van der Waals surface area contributed by atoms with Crippen molar-refractivity contribution >= 4 is 28.2 Å². The number of carbonyl (C=O) groups excluding carboxylic acids is 2. The van der Waals surface area contributed by atoms with Gasteiger partial charge in [0, 0.05) is 5.56 Å². The molecule has 0 saturated carbocycles. The third-order valence-electron chi connectivity index (χ3n) is 3.05. The zero-order valence-electron chi connectivity index (χ0n) is 12.0. The van der Waals surface area contributed by atoms with Crippen molar-refractivity contribution in [2.75, 3.05) is 12.4 Å². The number of hydrogen-bond donors (Lipinski definition) is 1. The van der Waals surface area contributed by atoms with Crippen LogP contribution in [0.4, 0.5) is 5.00 Å². The molecule has 0 spiro atoms. The van der Waals surface area contributed by atoms with Crippen LogP contribution in [0, 0.1) is 0 Å². The number of nitrogens with one attached hydrogen (secondary N) is 1. The Hall–Kier alpha value is -2.14. The molecule has 0 aliphatic carbocycles. The summed E-state index contributed by atoms with van der Waals surface area (Å²) in [7, 11) is 1.32. The van der Waals surface area contributed by atoms with Crippen LogP contribution < -0.4 is 5.32 Å². The number of rotatable bonds is 5. The summed E-state index contributed by atoms with van der Waals surface area (Å²) in [5.41, 5.74) is 2.15. The van der Waals surface area contributed by atoms with Gasteiger partial charge in [-0.2, -0.15) is 0 Å². The fourth-order valence-electron chi connectivity index (χ4n) is 1.96. The Bertz CT molecular complexity index is 631. The average molecular weight is 303 g/mol. The minimum Gasteiger partial charge on any atom is -0.465 e. The fraction of sp³-hybridized carbons (Fsp3) is 0.250. The smallest absolute Gasteiger partial charge is 0.340 e. The number of carbonyl (C=O) groups is 2. The second kappa shape index (κ2) is 7.04. The molecule has 0 unspecified atom stereocenters. The molecule has 1 amide bonds. The Kier molecular flexibility index (Phi) is 5.11. The van der Waals surface area contributed by atoms with Crippen molar-refractivity contribution < 1.29 is 14.3 Å². The van der Waals surface area contributed by atoms with E-state index in [2.05, 4.69) is 17.0 Å². The lowest BCUT2D eigenvalue weighted by Crippen LogP contribution is -2.13. The number of hydrogen-bond acceptors (Lipinski definition) is 4. The van der Waals surface area contributed by atoms with Crippen LogP contribution in [0.3, 0.4) is 0 Å². The van der Waals surface area contributed by atoms with Gasteiger partial charge in [0.25, 0.3) is 5.91 Å². The molecule has 2 rings (SSSR count). The molecule has 1 heterocycles. The number of thiophene rings is 1. The number of esters is 1. The van der Waals surface area contributed by atoms with Crippen LogP contribution in [0.1, 0.15) is 39.6 Å². The first-order chi connectivity index (χ1) is 10.2. The minimum atomic E-state index is -0.454. The molecule has 0 bridgehead atoms. The highest BCUT2D eigenvalue weighted by atomic mass is 32.1. The Balaban J connectivity index is 2.11. The molecule has 1 N–H and O–H groups in total. The van der Waals surface area contributed by atoms with Gasteiger partial charge >= 0.3 is 5.97 Å². The zero-order valence-corrected chi connectivity index (χ0v) is 12.8. The van der Waals surface area contributed by atoms with E-state index < -0.39 is 5.97 Å². The Morgan fingerprint density at radius 3 is 2.52 bits per heavy atom. The van der Waals surface area contributed by atoms with E-state index in [9.17, 15) is 9.59 Å². The highest BCUT2D eigenvalue weighted by Crippen LogP contribution is 2.24. The number of benzene rings is 1. The highest BCUT2D eigenvalue weighted by Gasteiger charge is 2.16. The zero-order chi connectivity index (χ0) is 15.2. The molecule has 110 valence electrons. The monoisotopic (exact) mass is 303 g/mol. The summed E-state index contributed by atoms with van der Waals surface area (Å²) in [6.45, 7) is 2.12. The number of anilines is 1. The maximum atomic E-state index is 12.2. The van der Waals surface area contributed by atoms with E-state index >= 15 is 0 Å². The molecule has 0 atom stereocenters. The van der Waals surface area contributed by atoms with E-state index in [1.165, 1.54) is 24.0 Å². The molecule has 1 aromatic heterocycles. The molecular weight excluding hydrogens is 286 g/mol. The lowest BCUT2D eigenvalue weighted by molar-refractivity contribution is 0.0602. The van der Waals surface area contributed by atoms with Gasteiger partial charge in [-0.05, 0) is 35.6 Å². The van der Waals surface area contributed by atoms with Gasteiger partial charge in [0.15, 0.2) is 0 Å². The SMILES string of the molecule is CCCc1ccc(C(=O)Nc2sccc2C(=O)OC)cc1. The first kappa shape index (κ1) is 15.3. The van der Waals surface area contributed by atoms with Gasteiger partial charge in [0.2, 0.25) is 0 Å². The fourth-order valence-corrected chi connectivity index (χ4v) is 2.73. The van der Waals surface area contributed by atoms with Crippen molar-refractivity contribution in [1.82, 2.24) is 0 Å². The summed E-state index contributed by atoms with van der Waals surface area (Å²) in [4.78, 5) is 23.8. The molecule has 0 aliphatic heterocycles. The Morgan fingerprint density at radius 2 is 1.90 bits per heavy atom. The summed E-state index contributed by atoms with van der Waals surface area (Å²) in [5, 5.41) is 5.00. The molecule has 0 fully saturated rings. The molecule has 2 aromatic rings. The maximum Gasteiger partial charge on any atom is 0.340 e. The molecule has 1 aromatic carbocycles. The topological polar surface area (TPSA) is 55.4 Å². The summed E-state index contributed by atoms with van der Waals surface area (Å²) < 4.78 is 4.68. The van der Waals surface area contributed by atoms with E-state index in [0.29, 0.717) is 16.1 Å². The van der Waals surface area contributed by atoms with Gasteiger partial charge in [-0.15, -0.1) is 11.3 Å². The predicted octanol–water partition coefficient (Wildman–Crippen LogP) is 3.74. The van der Waals surface area contributed by atoms with E-state index in [0.717, 1.165) is 12.8 Å². The van der Waals surface area contributed by atoms with Crippen LogP contribution in [0.5, 0.6) is 0 Å².